The van der Waals surface area contributed by atoms with E-state index in [2.05, 4.69) is 24.0 Å². The van der Waals surface area contributed by atoms with Crippen molar-refractivity contribution in [1.29, 1.82) is 0 Å². The van der Waals surface area contributed by atoms with Crippen LogP contribution in [0.15, 0.2) is 0 Å². The molecule has 0 unspecified atom stereocenters. The number of quaternary nitrogens is 1. The van der Waals surface area contributed by atoms with E-state index >= 15 is 0 Å². The average Bonchev–Trinajstić information content (AvgIpc) is 1.65. The third-order valence-electron chi connectivity index (χ3n) is 0.212. The summed E-state index contributed by atoms with van der Waals surface area (Å²) in [5.74, 6) is 0. The van der Waals surface area contributed by atoms with Crippen molar-refractivity contribution < 1.29 is 4.72 Å². The molecule has 0 aromatic heterocycles. The highest BCUT2D eigenvalue weighted by atomic mass is 32.8. The van der Waals surface area contributed by atoms with E-state index in [-0.39, 0.29) is 0 Å². The maximum absolute atomic E-state index is 5.09. The summed E-state index contributed by atoms with van der Waals surface area (Å²) in [7, 11) is 1.04. The standard InChI is InChI=1S/CH4N2S3/c2-1(3-4)6-5/h2-3H2. The molecule has 4 N–H and O–H groups in total. The molecule has 0 aliphatic carbocycles. The van der Waals surface area contributed by atoms with Crippen LogP contribution >= 0.6 is 0 Å². The van der Waals surface area contributed by atoms with Gasteiger partial charge in [-0.15, -0.1) is 0 Å². The minimum Gasteiger partial charge on any atom is -0.490 e. The van der Waals surface area contributed by atoms with E-state index in [0.29, 0.717) is 5.11 Å². The summed E-state index contributed by atoms with van der Waals surface area (Å²) in [4.78, 5) is 0. The Balaban J connectivity index is 3.52. The Labute approximate surface area is 49.9 Å². The van der Waals surface area contributed by atoms with Crippen LogP contribution < -0.4 is 10.5 Å². The Hall–Kier alpha value is 0.580. The fraction of sp³-hybridized carbons (Fsp3) is 0. The van der Waals surface area contributed by atoms with Crippen molar-refractivity contribution in [3.8, 4) is 0 Å². The van der Waals surface area contributed by atoms with Crippen molar-refractivity contribution in [1.82, 2.24) is 0 Å². The van der Waals surface area contributed by atoms with Gasteiger partial charge in [0.2, 0.25) is 5.11 Å². The predicted molar refractivity (Wildman–Crippen MR) is 33.2 cm³/mol. The highest BCUT2D eigenvalue weighted by Gasteiger charge is 1.70. The molecular weight excluding hydrogens is 136 g/mol. The van der Waals surface area contributed by atoms with Crippen molar-refractivity contribution in [2.45, 2.75) is 0 Å². The Kier molecular flexibility index (Phi) is 4.12. The van der Waals surface area contributed by atoms with Gasteiger partial charge in [-0.1, -0.05) is 0 Å². The molecule has 0 aliphatic rings. The van der Waals surface area contributed by atoms with E-state index in [1.165, 1.54) is 4.72 Å². The van der Waals surface area contributed by atoms with Crippen LogP contribution in [-0.4, -0.2) is 5.11 Å². The second-order valence-corrected chi connectivity index (χ2v) is 1.98. The lowest BCUT2D eigenvalue weighted by molar-refractivity contribution is -0.334. The topological polar surface area (TPSA) is 42.6 Å². The van der Waals surface area contributed by atoms with Gasteiger partial charge in [0.05, 0.1) is 0 Å². The second kappa shape index (κ2) is 3.76. The number of rotatable bonds is 0. The lowest BCUT2D eigenvalue weighted by Crippen LogP contribution is -2.85. The SMILES string of the molecule is NC([NH2+][S-])=S=S. The third kappa shape index (κ3) is 2.80. The second-order valence-electron chi connectivity index (χ2n) is 0.604. The van der Waals surface area contributed by atoms with E-state index in [1.54, 1.807) is 0 Å². The van der Waals surface area contributed by atoms with Gasteiger partial charge in [-0.2, -0.15) is 0 Å². The molecule has 0 saturated heterocycles. The first-order chi connectivity index (χ1) is 2.81. The van der Waals surface area contributed by atoms with Crippen LogP contribution in [0.25, 0.3) is 0 Å². The first-order valence-corrected chi connectivity index (χ1v) is 3.40. The molecule has 6 heavy (non-hydrogen) atoms. The van der Waals surface area contributed by atoms with Crippen LogP contribution in [-0.2, 0) is 33.9 Å². The van der Waals surface area contributed by atoms with Gasteiger partial charge < -0.3 is 17.5 Å². The van der Waals surface area contributed by atoms with Crippen LogP contribution in [0.4, 0.5) is 0 Å². The molecule has 0 radical (unpaired) electrons. The molecule has 0 aromatic carbocycles. The maximum atomic E-state index is 5.09. The Bertz CT molecular complexity index is 82.8. The molecule has 0 aliphatic heterocycles. The zero-order valence-corrected chi connectivity index (χ0v) is 5.33. The van der Waals surface area contributed by atoms with Crippen LogP contribution in [0.5, 0.6) is 0 Å². The molecule has 36 valence electrons. The first kappa shape index (κ1) is 6.58. The van der Waals surface area contributed by atoms with Gasteiger partial charge in [-0.05, 0) is 11.2 Å². The Morgan fingerprint density at radius 3 is 2.50 bits per heavy atom. The summed E-state index contributed by atoms with van der Waals surface area (Å²) < 4.78 is 1.36. The summed E-state index contributed by atoms with van der Waals surface area (Å²) >= 11 is 8.83. The lowest BCUT2D eigenvalue weighted by Gasteiger charge is -1.91. The van der Waals surface area contributed by atoms with Crippen LogP contribution in [0, 0.1) is 0 Å². The first-order valence-electron chi connectivity index (χ1n) is 1.18. The minimum absolute atomic E-state index is 0.514. The molecule has 0 bridgehead atoms. The van der Waals surface area contributed by atoms with Crippen molar-refractivity contribution in [2.75, 3.05) is 0 Å². The van der Waals surface area contributed by atoms with E-state index in [9.17, 15) is 0 Å². The largest absolute Gasteiger partial charge is 0.490 e. The van der Waals surface area contributed by atoms with Crippen LogP contribution in [0.2, 0.25) is 0 Å². The Morgan fingerprint density at radius 2 is 2.50 bits per heavy atom. The molecule has 0 spiro atoms. The summed E-state index contributed by atoms with van der Waals surface area (Å²) in [6.45, 7) is 0. The Morgan fingerprint density at radius 1 is 2.00 bits per heavy atom. The van der Waals surface area contributed by atoms with Crippen molar-refractivity contribution >= 4 is 39.0 Å². The van der Waals surface area contributed by atoms with Crippen LogP contribution in [0.3, 0.4) is 0 Å². The summed E-state index contributed by atoms with van der Waals surface area (Å²) in [6, 6.07) is 0. The zero-order valence-electron chi connectivity index (χ0n) is 2.88. The van der Waals surface area contributed by atoms with Gasteiger partial charge in [0.1, 0.15) is 0 Å². The zero-order chi connectivity index (χ0) is 4.99. The van der Waals surface area contributed by atoms with Gasteiger partial charge >= 0.3 is 0 Å². The molecular formula is CH4N2S3. The summed E-state index contributed by atoms with van der Waals surface area (Å²) in [5.41, 5.74) is 5.09. The number of nitrogens with two attached hydrogens (primary N) is 2. The van der Waals surface area contributed by atoms with Gasteiger partial charge in [0.15, 0.2) is 0 Å². The number of hydrogen-bond donors (Lipinski definition) is 2. The van der Waals surface area contributed by atoms with Crippen LogP contribution in [0.1, 0.15) is 0 Å². The smallest absolute Gasteiger partial charge is 0.224 e. The van der Waals surface area contributed by atoms with Gasteiger partial charge in [-0.25, -0.2) is 5.73 Å². The fourth-order valence-electron chi connectivity index (χ4n) is 0.0196. The monoisotopic (exact) mass is 140 g/mol. The lowest BCUT2D eigenvalue weighted by atomic mass is 11.3. The normalized spacial score (nSPS) is 7.67. The minimum atomic E-state index is 0.514. The molecule has 0 rings (SSSR count). The summed E-state index contributed by atoms with van der Waals surface area (Å²) in [5, 5.41) is 0.514. The summed E-state index contributed by atoms with van der Waals surface area (Å²) in [6.07, 6.45) is 0. The third-order valence-corrected chi connectivity index (χ3v) is 1.50. The van der Waals surface area contributed by atoms with Gasteiger partial charge in [0, 0.05) is 9.91 Å². The highest BCUT2D eigenvalue weighted by Crippen LogP contribution is 1.22. The highest BCUT2D eigenvalue weighted by molar-refractivity contribution is 8.17. The molecule has 5 heteroatoms. The van der Waals surface area contributed by atoms with Crippen molar-refractivity contribution in [2.24, 2.45) is 5.73 Å². The van der Waals surface area contributed by atoms with Crippen molar-refractivity contribution in [3.63, 3.8) is 0 Å². The van der Waals surface area contributed by atoms with Gasteiger partial charge in [-0.3, -0.25) is 0 Å². The van der Waals surface area contributed by atoms with E-state index < -0.39 is 0 Å². The quantitative estimate of drug-likeness (QED) is 0.291. The molecule has 0 atom stereocenters. The predicted octanol–water partition coefficient (Wildman–Crippen LogP) is -2.40. The van der Waals surface area contributed by atoms with E-state index in [0.717, 1.165) is 9.91 Å². The average molecular weight is 140 g/mol. The molecule has 0 fully saturated rings. The van der Waals surface area contributed by atoms with Crippen molar-refractivity contribution in [3.05, 3.63) is 0 Å². The molecule has 2 nitrogen and oxygen atoms in total. The van der Waals surface area contributed by atoms with E-state index in [4.69, 9.17) is 5.73 Å². The maximum Gasteiger partial charge on any atom is 0.224 e. The molecule has 0 amide bonds. The molecule has 0 saturated carbocycles. The molecule has 0 heterocycles. The van der Waals surface area contributed by atoms with Gasteiger partial charge in [0.25, 0.3) is 0 Å². The fourth-order valence-corrected chi connectivity index (χ4v) is 0.530. The van der Waals surface area contributed by atoms with E-state index in [1.807, 2.05) is 0 Å². The number of hydrogen-bond acceptors (Lipinski definition) is 2. The molecule has 0 aromatic rings.